The number of ether oxygens (including phenoxy) is 3. The summed E-state index contributed by atoms with van der Waals surface area (Å²) in [5.41, 5.74) is 2.94. The number of para-hydroxylation sites is 2. The molecule has 0 bridgehead atoms. The second-order valence-electron chi connectivity index (χ2n) is 12.0. The first-order chi connectivity index (χ1) is 22.3. The number of carbonyl (C=O) groups excluding carboxylic acids is 2. The Morgan fingerprint density at radius 1 is 0.935 bits per heavy atom. The van der Waals surface area contributed by atoms with Gasteiger partial charge in [-0.05, 0) is 102 Å². The van der Waals surface area contributed by atoms with Crippen LogP contribution in [0.1, 0.15) is 24.5 Å². The normalized spacial score (nSPS) is 26.8. The lowest BCUT2D eigenvalue weighted by molar-refractivity contribution is -0.272. The molecule has 9 nitrogen and oxygen atoms in total. The molecule has 2 aliphatic heterocycles. The van der Waals surface area contributed by atoms with Crippen LogP contribution in [0.3, 0.4) is 0 Å². The van der Waals surface area contributed by atoms with Crippen LogP contribution < -0.4 is 19.7 Å². The number of aromatic hydroxyl groups is 1. The highest BCUT2D eigenvalue weighted by Crippen LogP contribution is 2.59. The van der Waals surface area contributed by atoms with Crippen molar-refractivity contribution >= 4 is 51.5 Å². The molecule has 10 heteroatoms. The molecule has 6 atom stereocenters. The zero-order valence-electron chi connectivity index (χ0n) is 25.0. The molecule has 0 spiro atoms. The monoisotopic (exact) mass is 732 g/mol. The Balaban J connectivity index is 1.20. The largest absolute Gasteiger partial charge is 0.504 e. The highest BCUT2D eigenvalue weighted by molar-refractivity contribution is 14.1. The molecule has 0 unspecified atom stereocenters. The molecule has 4 aromatic rings. The fourth-order valence-corrected chi connectivity index (χ4v) is 7.79. The minimum absolute atomic E-state index is 0.0207. The van der Waals surface area contributed by atoms with Gasteiger partial charge in [0.15, 0.2) is 17.3 Å². The summed E-state index contributed by atoms with van der Waals surface area (Å²) in [5.74, 6) is -4.07. The van der Waals surface area contributed by atoms with Gasteiger partial charge < -0.3 is 29.7 Å². The minimum atomic E-state index is -1.73. The van der Waals surface area contributed by atoms with Crippen molar-refractivity contribution in [3.8, 4) is 17.2 Å². The number of methoxy groups -OCH3 is 1. The predicted octanol–water partition coefficient (Wildman–Crippen LogP) is 6.42. The summed E-state index contributed by atoms with van der Waals surface area (Å²) >= 11 is 2.02. The summed E-state index contributed by atoms with van der Waals surface area (Å²) in [6.45, 7) is 0.102. The molecule has 2 amide bonds. The zero-order chi connectivity index (χ0) is 32.0. The van der Waals surface area contributed by atoms with Gasteiger partial charge in [-0.3, -0.25) is 14.5 Å². The fourth-order valence-electron chi connectivity index (χ4n) is 7.17. The van der Waals surface area contributed by atoms with Gasteiger partial charge in [0.05, 0.1) is 40.9 Å². The summed E-state index contributed by atoms with van der Waals surface area (Å²) < 4.78 is 18.5. The number of carbonyl (C=O) groups is 2. The van der Waals surface area contributed by atoms with Crippen molar-refractivity contribution in [3.63, 3.8) is 0 Å². The van der Waals surface area contributed by atoms with E-state index < -0.39 is 35.6 Å². The zero-order valence-corrected chi connectivity index (χ0v) is 27.2. The summed E-state index contributed by atoms with van der Waals surface area (Å²) in [4.78, 5) is 29.5. The molecule has 0 radical (unpaired) electrons. The van der Waals surface area contributed by atoms with E-state index in [1.54, 1.807) is 24.3 Å². The lowest BCUT2D eigenvalue weighted by Crippen LogP contribution is -2.55. The van der Waals surface area contributed by atoms with Crippen LogP contribution in [0.4, 0.5) is 17.1 Å². The van der Waals surface area contributed by atoms with Crippen LogP contribution in [0.2, 0.25) is 0 Å². The molecule has 3 aliphatic rings. The van der Waals surface area contributed by atoms with Gasteiger partial charge in [0.25, 0.3) is 0 Å². The Morgan fingerprint density at radius 3 is 2.30 bits per heavy atom. The molecule has 46 heavy (non-hydrogen) atoms. The number of phenols is 1. The van der Waals surface area contributed by atoms with Crippen LogP contribution in [0.15, 0.2) is 97.1 Å². The maximum absolute atomic E-state index is 14.2. The van der Waals surface area contributed by atoms with Crippen LogP contribution in [0, 0.1) is 27.2 Å². The van der Waals surface area contributed by atoms with Crippen molar-refractivity contribution in [2.24, 2.45) is 23.7 Å². The third kappa shape index (κ3) is 5.37. The number of nitrogens with one attached hydrogen (secondary N) is 1. The minimum Gasteiger partial charge on any atom is -0.504 e. The van der Waals surface area contributed by atoms with Crippen LogP contribution >= 0.6 is 22.6 Å². The lowest BCUT2D eigenvalue weighted by Gasteiger charge is -2.44. The highest BCUT2D eigenvalue weighted by atomic mass is 127. The number of fused-ring (bicyclic) bond motifs is 3. The maximum atomic E-state index is 14.2. The van der Waals surface area contributed by atoms with Crippen molar-refractivity contribution in [2.45, 2.75) is 24.7 Å². The maximum Gasteiger partial charge on any atom is 0.238 e. The second kappa shape index (κ2) is 12.2. The average molecular weight is 733 g/mol. The summed E-state index contributed by atoms with van der Waals surface area (Å²) in [7, 11) is 1.47. The predicted molar refractivity (Wildman–Crippen MR) is 180 cm³/mol. The number of hydrogen-bond acceptors (Lipinski definition) is 8. The molecule has 0 aromatic heterocycles. The van der Waals surface area contributed by atoms with Gasteiger partial charge in [0, 0.05) is 23.2 Å². The van der Waals surface area contributed by atoms with E-state index in [0.717, 1.165) is 11.4 Å². The molecule has 7 rings (SSSR count). The lowest BCUT2D eigenvalue weighted by atomic mass is 9.64. The molecule has 236 valence electrons. The number of hydrogen-bond donors (Lipinski definition) is 3. The Bertz CT molecular complexity index is 1750. The van der Waals surface area contributed by atoms with Crippen LogP contribution in [0.5, 0.6) is 17.2 Å². The summed E-state index contributed by atoms with van der Waals surface area (Å²) in [5, 5.41) is 26.1. The third-order valence-corrected chi connectivity index (χ3v) is 10.2. The van der Waals surface area contributed by atoms with Gasteiger partial charge in [-0.15, -0.1) is 0 Å². The van der Waals surface area contributed by atoms with E-state index in [0.29, 0.717) is 27.0 Å². The molecule has 1 aliphatic carbocycles. The first-order valence-corrected chi connectivity index (χ1v) is 16.3. The fraction of sp³-hybridized carbons (Fsp3) is 0.278. The number of aliphatic hydroxyl groups is 1. The van der Waals surface area contributed by atoms with Gasteiger partial charge >= 0.3 is 0 Å². The van der Waals surface area contributed by atoms with Gasteiger partial charge in [0.1, 0.15) is 5.75 Å². The standard InChI is InChI=1S/C36H33IN2O7/c1-44-31-17-21(16-29(37)33(31)40)30-19-28-32-27(18-22(36(28,43)46-30)20-45-26-10-6-3-7-11-26)34(41)39(35(32)42)25-14-12-24(13-15-25)38-23-8-4-2-5-9-23/h2-17,22,27-28,30,32,38,40,43H,18-20H2,1H3/t22-,27+,28+,30+,32+,36-/m1/s1. The van der Waals surface area contributed by atoms with Crippen LogP contribution in [0.25, 0.3) is 0 Å². The second-order valence-corrected chi connectivity index (χ2v) is 13.2. The Morgan fingerprint density at radius 2 is 1.61 bits per heavy atom. The molecule has 3 fully saturated rings. The summed E-state index contributed by atoms with van der Waals surface area (Å²) in [6.07, 6.45) is -0.0742. The first kappa shape index (κ1) is 30.5. The van der Waals surface area contributed by atoms with Crippen molar-refractivity contribution in [1.29, 1.82) is 0 Å². The highest BCUT2D eigenvalue weighted by Gasteiger charge is 2.67. The van der Waals surface area contributed by atoms with Crippen LogP contribution in [-0.4, -0.2) is 41.5 Å². The van der Waals surface area contributed by atoms with Gasteiger partial charge in [-0.1, -0.05) is 36.4 Å². The smallest absolute Gasteiger partial charge is 0.238 e. The van der Waals surface area contributed by atoms with Crippen molar-refractivity contribution in [2.75, 3.05) is 23.9 Å². The van der Waals surface area contributed by atoms with Gasteiger partial charge in [-0.25, -0.2) is 0 Å². The Hall–Kier alpha value is -4.13. The molecule has 2 saturated heterocycles. The molecule has 1 saturated carbocycles. The SMILES string of the molecule is COc1cc([C@@H]2C[C@H]3[C@H]4C(=O)N(c5ccc(Nc6ccccc6)cc5)C(=O)[C@H]4C[C@H](COc4ccccc4)[C@@]3(O)O2)cc(I)c1O. The Labute approximate surface area is 280 Å². The topological polar surface area (TPSA) is 118 Å². The molecular formula is C36H33IN2O7. The Kier molecular flexibility index (Phi) is 8.12. The van der Waals surface area contributed by atoms with E-state index in [4.69, 9.17) is 14.2 Å². The third-order valence-electron chi connectivity index (χ3n) is 9.39. The number of imide groups is 1. The molecule has 2 heterocycles. The number of nitrogens with zero attached hydrogens (tertiary/aromatic N) is 1. The number of anilines is 3. The molecular weight excluding hydrogens is 699 g/mol. The number of amides is 2. The van der Waals surface area contributed by atoms with Crippen molar-refractivity contribution < 1.29 is 34.0 Å². The van der Waals surface area contributed by atoms with E-state index in [1.807, 2.05) is 95.4 Å². The number of halogens is 1. The van der Waals surface area contributed by atoms with E-state index in [2.05, 4.69) is 5.32 Å². The van der Waals surface area contributed by atoms with Crippen LogP contribution in [-0.2, 0) is 14.3 Å². The number of rotatable bonds is 8. The number of phenolic OH excluding ortho intramolecular Hbond substituents is 1. The van der Waals surface area contributed by atoms with Gasteiger partial charge in [0.2, 0.25) is 11.8 Å². The van der Waals surface area contributed by atoms with E-state index in [1.165, 1.54) is 12.0 Å². The first-order valence-electron chi connectivity index (χ1n) is 15.2. The quantitative estimate of drug-likeness (QED) is 0.141. The van der Waals surface area contributed by atoms with Crippen molar-refractivity contribution in [1.82, 2.24) is 0 Å². The summed E-state index contributed by atoms with van der Waals surface area (Å²) in [6, 6.07) is 29.7. The van der Waals surface area contributed by atoms with E-state index in [9.17, 15) is 19.8 Å². The van der Waals surface area contributed by atoms with E-state index in [-0.39, 0.29) is 36.3 Å². The molecule has 4 aromatic carbocycles. The molecule has 3 N–H and O–H groups in total. The number of benzene rings is 4. The van der Waals surface area contributed by atoms with Crippen molar-refractivity contribution in [3.05, 3.63) is 106 Å². The average Bonchev–Trinajstić information content (AvgIpc) is 3.55. The van der Waals surface area contributed by atoms with E-state index >= 15 is 0 Å². The van der Waals surface area contributed by atoms with Gasteiger partial charge in [-0.2, -0.15) is 0 Å².